The van der Waals surface area contributed by atoms with Gasteiger partial charge >= 0.3 is 5.97 Å². The van der Waals surface area contributed by atoms with Crippen LogP contribution >= 0.6 is 22.5 Å². The predicted molar refractivity (Wildman–Crippen MR) is 48.6 cm³/mol. The molecule has 0 aliphatic carbocycles. The lowest BCUT2D eigenvalue weighted by Gasteiger charge is -2.11. The fraction of sp³-hybridized carbons (Fsp3) is 0.500. The number of thiol groups is 1. The largest absolute Gasteiger partial charge is 0.343 e. The van der Waals surface area contributed by atoms with Crippen molar-refractivity contribution in [1.82, 2.24) is 5.06 Å². The molecule has 0 spiro atoms. The number of rotatable bonds is 3. The molecule has 0 N–H and O–H groups in total. The Morgan fingerprint density at radius 3 is 2.46 bits per heavy atom. The molecule has 0 saturated carbocycles. The minimum Gasteiger partial charge on any atom is -0.329 e. The lowest BCUT2D eigenvalue weighted by Crippen LogP contribution is -2.32. The summed E-state index contributed by atoms with van der Waals surface area (Å²) in [7, 11) is 0.966. The fourth-order valence-corrected chi connectivity index (χ4v) is 1.31. The number of carbonyl (C=O) groups excluding carboxylic acids is 3. The first-order valence-corrected chi connectivity index (χ1v) is 5.52. The summed E-state index contributed by atoms with van der Waals surface area (Å²) in [5.41, 5.74) is 0. The molecule has 5 nitrogen and oxygen atoms in total. The summed E-state index contributed by atoms with van der Waals surface area (Å²) in [6, 6.07) is 0. The molecule has 0 aromatic rings. The highest BCUT2D eigenvalue weighted by Gasteiger charge is 2.32. The van der Waals surface area contributed by atoms with E-state index in [1.165, 1.54) is 0 Å². The van der Waals surface area contributed by atoms with Crippen molar-refractivity contribution in [1.29, 1.82) is 0 Å². The molecular weight excluding hydrogens is 214 g/mol. The zero-order valence-electron chi connectivity index (χ0n) is 6.56. The van der Waals surface area contributed by atoms with Gasteiger partial charge in [-0.05, 0) is 0 Å². The third-order valence-electron chi connectivity index (χ3n) is 1.38. The quantitative estimate of drug-likeness (QED) is 0.418. The average Bonchev–Trinajstić information content (AvgIpc) is 2.36. The maximum Gasteiger partial charge on any atom is 0.343 e. The maximum atomic E-state index is 10.9. The van der Waals surface area contributed by atoms with Gasteiger partial charge in [0, 0.05) is 12.8 Å². The molecule has 1 aliphatic heterocycles. The number of nitrogens with zero attached hydrogens (tertiary/aromatic N) is 1. The third kappa shape index (κ3) is 2.63. The van der Waals surface area contributed by atoms with E-state index in [4.69, 9.17) is 0 Å². The lowest BCUT2D eigenvalue weighted by molar-refractivity contribution is -0.195. The van der Waals surface area contributed by atoms with E-state index in [9.17, 15) is 14.4 Å². The van der Waals surface area contributed by atoms with E-state index in [-0.39, 0.29) is 18.6 Å². The molecule has 0 aromatic heterocycles. The average molecular weight is 221 g/mol. The summed E-state index contributed by atoms with van der Waals surface area (Å²) in [6.07, 6.45) is 0.222. The van der Waals surface area contributed by atoms with Crippen LogP contribution in [0.5, 0.6) is 0 Å². The van der Waals surface area contributed by atoms with Crippen molar-refractivity contribution in [2.45, 2.75) is 12.8 Å². The number of carbonyl (C=O) groups is 3. The molecule has 72 valence electrons. The van der Waals surface area contributed by atoms with Crippen molar-refractivity contribution < 1.29 is 19.2 Å². The van der Waals surface area contributed by atoms with Crippen LogP contribution in [0, 0.1) is 0 Å². The van der Waals surface area contributed by atoms with Crippen LogP contribution in [0.2, 0.25) is 0 Å². The summed E-state index contributed by atoms with van der Waals surface area (Å²) in [6.45, 7) is 0. The van der Waals surface area contributed by atoms with Crippen molar-refractivity contribution in [3.63, 3.8) is 0 Å². The minimum atomic E-state index is -0.649. The van der Waals surface area contributed by atoms with E-state index in [1.54, 1.807) is 0 Å². The molecule has 13 heavy (non-hydrogen) atoms. The summed E-state index contributed by atoms with van der Waals surface area (Å²) in [5.74, 6) is -1.59. The Balaban J connectivity index is 2.48. The molecule has 1 heterocycles. The van der Waals surface area contributed by atoms with Gasteiger partial charge in [-0.25, -0.2) is 4.79 Å². The molecule has 1 rings (SSSR count). The summed E-state index contributed by atoms with van der Waals surface area (Å²) in [5, 5.41) is 0.520. The SMILES string of the molecule is O=C(CSS)ON1C(=O)CCC1=O. The van der Waals surface area contributed by atoms with Crippen molar-refractivity contribution >= 4 is 40.2 Å². The monoisotopic (exact) mass is 221 g/mol. The first-order valence-electron chi connectivity index (χ1n) is 3.48. The molecule has 0 aromatic carbocycles. The number of imide groups is 1. The van der Waals surface area contributed by atoms with Gasteiger partial charge in [-0.2, -0.15) is 0 Å². The summed E-state index contributed by atoms with van der Waals surface area (Å²) >= 11 is 3.73. The smallest absolute Gasteiger partial charge is 0.329 e. The van der Waals surface area contributed by atoms with Crippen molar-refractivity contribution in [2.75, 3.05) is 5.75 Å². The highest BCUT2D eigenvalue weighted by molar-refractivity contribution is 8.68. The van der Waals surface area contributed by atoms with E-state index < -0.39 is 17.8 Å². The van der Waals surface area contributed by atoms with Crippen LogP contribution in [-0.4, -0.2) is 28.6 Å². The third-order valence-corrected chi connectivity index (χ3v) is 2.13. The van der Waals surface area contributed by atoms with Crippen LogP contribution in [0.15, 0.2) is 0 Å². The molecule has 1 saturated heterocycles. The lowest BCUT2D eigenvalue weighted by atomic mass is 10.4. The molecule has 0 unspecified atom stereocenters. The number of hydrogen-bond acceptors (Lipinski definition) is 6. The van der Waals surface area contributed by atoms with Gasteiger partial charge in [0.1, 0.15) is 5.75 Å². The Kier molecular flexibility index (Phi) is 3.61. The Labute approximate surface area is 83.5 Å². The molecule has 2 amide bonds. The van der Waals surface area contributed by atoms with Crippen LogP contribution in [0.25, 0.3) is 0 Å². The first kappa shape index (κ1) is 10.4. The van der Waals surface area contributed by atoms with E-state index in [0.717, 1.165) is 10.8 Å². The Hall–Kier alpha value is -0.690. The van der Waals surface area contributed by atoms with Crippen LogP contribution in [0.3, 0.4) is 0 Å². The molecular formula is C6H7NO4S2. The van der Waals surface area contributed by atoms with E-state index in [1.807, 2.05) is 0 Å². The molecule has 0 radical (unpaired) electrons. The van der Waals surface area contributed by atoms with E-state index in [2.05, 4.69) is 16.5 Å². The number of hydroxylamine groups is 2. The predicted octanol–water partition coefficient (Wildman–Crippen LogP) is 0.172. The minimum absolute atomic E-state index is 0.000170. The summed E-state index contributed by atoms with van der Waals surface area (Å²) in [4.78, 5) is 37.2. The van der Waals surface area contributed by atoms with Gasteiger partial charge in [0.05, 0.1) is 0 Å². The zero-order valence-corrected chi connectivity index (χ0v) is 8.27. The van der Waals surface area contributed by atoms with E-state index >= 15 is 0 Å². The van der Waals surface area contributed by atoms with Crippen molar-refractivity contribution in [3.05, 3.63) is 0 Å². The van der Waals surface area contributed by atoms with Crippen molar-refractivity contribution in [3.8, 4) is 0 Å². The first-order chi connectivity index (χ1) is 6.15. The van der Waals surface area contributed by atoms with Gasteiger partial charge in [-0.3, -0.25) is 9.59 Å². The van der Waals surface area contributed by atoms with E-state index in [0.29, 0.717) is 5.06 Å². The Bertz CT molecular complexity index is 239. The molecule has 1 aliphatic rings. The maximum absolute atomic E-state index is 10.9. The van der Waals surface area contributed by atoms with Gasteiger partial charge in [0.2, 0.25) is 0 Å². The van der Waals surface area contributed by atoms with Crippen LogP contribution in [0.1, 0.15) is 12.8 Å². The van der Waals surface area contributed by atoms with Crippen molar-refractivity contribution in [2.24, 2.45) is 0 Å². The van der Waals surface area contributed by atoms with Gasteiger partial charge in [0.25, 0.3) is 11.8 Å². The topological polar surface area (TPSA) is 63.7 Å². The van der Waals surface area contributed by atoms with Gasteiger partial charge in [-0.15, -0.1) is 16.7 Å². The normalized spacial score (nSPS) is 16.5. The van der Waals surface area contributed by atoms with Gasteiger partial charge in [0.15, 0.2) is 0 Å². The Morgan fingerprint density at radius 2 is 2.00 bits per heavy atom. The highest BCUT2D eigenvalue weighted by atomic mass is 33.1. The highest BCUT2D eigenvalue weighted by Crippen LogP contribution is 2.13. The number of hydrogen-bond donors (Lipinski definition) is 1. The number of amides is 2. The standard InChI is InChI=1S/C6H7NO4S2/c8-4-1-2-5(9)7(4)11-6(10)3-13-12/h12H,1-3H2. The molecule has 7 heteroatoms. The van der Waals surface area contributed by atoms with Crippen LogP contribution < -0.4 is 0 Å². The summed E-state index contributed by atoms with van der Waals surface area (Å²) < 4.78 is 0. The molecule has 1 fully saturated rings. The molecule has 0 atom stereocenters. The second-order valence-corrected chi connectivity index (χ2v) is 3.64. The fourth-order valence-electron chi connectivity index (χ4n) is 0.839. The molecule has 0 bridgehead atoms. The second-order valence-electron chi connectivity index (χ2n) is 2.32. The van der Waals surface area contributed by atoms with Gasteiger partial charge < -0.3 is 4.84 Å². The van der Waals surface area contributed by atoms with Crippen LogP contribution in [0.4, 0.5) is 0 Å². The van der Waals surface area contributed by atoms with Gasteiger partial charge in [-0.1, -0.05) is 10.8 Å². The second kappa shape index (κ2) is 4.52. The Morgan fingerprint density at radius 1 is 1.46 bits per heavy atom. The zero-order chi connectivity index (χ0) is 9.84. The van der Waals surface area contributed by atoms with Crippen LogP contribution in [-0.2, 0) is 19.2 Å².